The SMILES string of the molecule is O=C1CCc2ccc(OCCCCN3CCCCC3c3cccc4oncc34)cc2N1. The summed E-state index contributed by atoms with van der Waals surface area (Å²) in [6, 6.07) is 12.7. The third-order valence-corrected chi connectivity index (χ3v) is 6.49. The van der Waals surface area contributed by atoms with Crippen LogP contribution >= 0.6 is 0 Å². The highest BCUT2D eigenvalue weighted by atomic mass is 16.5. The maximum atomic E-state index is 11.6. The number of nitrogens with one attached hydrogen (secondary N) is 1. The molecule has 1 fully saturated rings. The number of piperidine rings is 1. The second-order valence-corrected chi connectivity index (χ2v) is 8.56. The van der Waals surface area contributed by atoms with E-state index in [0.717, 1.165) is 54.8 Å². The van der Waals surface area contributed by atoms with E-state index in [4.69, 9.17) is 9.26 Å². The Balaban J connectivity index is 1.14. The van der Waals surface area contributed by atoms with Gasteiger partial charge in [-0.05, 0) is 68.5 Å². The van der Waals surface area contributed by atoms with Gasteiger partial charge < -0.3 is 14.6 Å². The molecule has 0 saturated carbocycles. The number of nitrogens with zero attached hydrogens (tertiary/aromatic N) is 2. The number of fused-ring (bicyclic) bond motifs is 2. The summed E-state index contributed by atoms with van der Waals surface area (Å²) in [7, 11) is 0. The van der Waals surface area contributed by atoms with Crippen molar-refractivity contribution in [1.82, 2.24) is 10.1 Å². The minimum absolute atomic E-state index is 0.0858. The normalized spacial score (nSPS) is 19.2. The maximum absolute atomic E-state index is 11.6. The minimum atomic E-state index is 0.0858. The predicted molar refractivity (Wildman–Crippen MR) is 120 cm³/mol. The van der Waals surface area contributed by atoms with Gasteiger partial charge in [-0.25, -0.2) is 0 Å². The van der Waals surface area contributed by atoms with Gasteiger partial charge in [0.25, 0.3) is 0 Å². The molecule has 1 unspecified atom stereocenters. The molecule has 1 atom stereocenters. The van der Waals surface area contributed by atoms with Crippen molar-refractivity contribution in [2.75, 3.05) is 25.0 Å². The number of hydrogen-bond acceptors (Lipinski definition) is 5. The quantitative estimate of drug-likeness (QED) is 0.540. The van der Waals surface area contributed by atoms with Crippen molar-refractivity contribution in [3.63, 3.8) is 0 Å². The Morgan fingerprint density at radius 3 is 3.10 bits per heavy atom. The topological polar surface area (TPSA) is 67.6 Å². The van der Waals surface area contributed by atoms with Crippen LogP contribution in [0.5, 0.6) is 5.75 Å². The van der Waals surface area contributed by atoms with Gasteiger partial charge in [-0.15, -0.1) is 0 Å². The summed E-state index contributed by atoms with van der Waals surface area (Å²) in [5.41, 5.74) is 4.29. The van der Waals surface area contributed by atoms with E-state index in [1.165, 1.54) is 30.4 Å². The molecule has 0 bridgehead atoms. The van der Waals surface area contributed by atoms with Crippen molar-refractivity contribution < 1.29 is 14.1 Å². The predicted octanol–water partition coefficient (Wildman–Crippen LogP) is 5.10. The molecule has 1 amide bonds. The average Bonchev–Trinajstić information content (AvgIpc) is 3.28. The Kier molecular flexibility index (Phi) is 5.89. The molecule has 162 valence electrons. The number of aryl methyl sites for hydroxylation is 1. The van der Waals surface area contributed by atoms with Crippen molar-refractivity contribution >= 4 is 22.6 Å². The number of unbranched alkanes of at least 4 members (excludes halogenated alkanes) is 1. The van der Waals surface area contributed by atoms with E-state index < -0.39 is 0 Å². The number of benzene rings is 2. The van der Waals surface area contributed by atoms with Gasteiger partial charge in [0.15, 0.2) is 5.58 Å². The zero-order valence-electron chi connectivity index (χ0n) is 17.8. The zero-order valence-corrected chi connectivity index (χ0v) is 17.8. The highest BCUT2D eigenvalue weighted by molar-refractivity contribution is 5.94. The Morgan fingerprint density at radius 1 is 1.16 bits per heavy atom. The van der Waals surface area contributed by atoms with Crippen molar-refractivity contribution in [3.8, 4) is 5.75 Å². The second-order valence-electron chi connectivity index (χ2n) is 8.56. The number of likely N-dealkylation sites (tertiary alicyclic amines) is 1. The Labute approximate surface area is 182 Å². The van der Waals surface area contributed by atoms with E-state index in [0.29, 0.717) is 19.1 Å². The van der Waals surface area contributed by atoms with Gasteiger partial charge in [-0.1, -0.05) is 29.8 Å². The number of amides is 1. The van der Waals surface area contributed by atoms with E-state index in [2.05, 4.69) is 33.6 Å². The Hall–Kier alpha value is -2.86. The van der Waals surface area contributed by atoms with Gasteiger partial charge in [0.05, 0.1) is 12.8 Å². The molecule has 3 aromatic rings. The van der Waals surface area contributed by atoms with Crippen LogP contribution in [-0.2, 0) is 11.2 Å². The fraction of sp³-hybridized carbons (Fsp3) is 0.440. The first-order valence-electron chi connectivity index (χ1n) is 11.4. The molecule has 1 N–H and O–H groups in total. The standard InChI is InChI=1S/C25H29N3O3/c29-25-12-10-18-9-11-19(16-22(18)27-25)30-15-4-3-14-28-13-2-1-7-23(28)20-6-5-8-24-21(20)17-26-31-24/h5-6,8-9,11,16-17,23H,1-4,7,10,12-15H2,(H,27,29). The zero-order chi connectivity index (χ0) is 21.0. The van der Waals surface area contributed by atoms with Crippen LogP contribution in [0.2, 0.25) is 0 Å². The van der Waals surface area contributed by atoms with E-state index in [9.17, 15) is 4.79 Å². The first-order chi connectivity index (χ1) is 15.3. The monoisotopic (exact) mass is 419 g/mol. The number of anilines is 1. The highest BCUT2D eigenvalue weighted by Gasteiger charge is 2.25. The summed E-state index contributed by atoms with van der Waals surface area (Å²) in [5, 5.41) is 8.08. The summed E-state index contributed by atoms with van der Waals surface area (Å²) < 4.78 is 11.3. The van der Waals surface area contributed by atoms with E-state index in [-0.39, 0.29) is 5.91 Å². The molecular weight excluding hydrogens is 390 g/mol. The summed E-state index contributed by atoms with van der Waals surface area (Å²) in [5.74, 6) is 0.915. The first kappa shape index (κ1) is 20.1. The van der Waals surface area contributed by atoms with Crippen molar-refractivity contribution in [2.24, 2.45) is 0 Å². The molecule has 0 radical (unpaired) electrons. The summed E-state index contributed by atoms with van der Waals surface area (Å²) in [6.07, 6.45) is 9.03. The van der Waals surface area contributed by atoms with Crippen molar-refractivity contribution in [2.45, 2.75) is 51.0 Å². The van der Waals surface area contributed by atoms with Crippen LogP contribution in [0.4, 0.5) is 5.69 Å². The lowest BCUT2D eigenvalue weighted by Crippen LogP contribution is -2.34. The molecule has 5 rings (SSSR count). The summed E-state index contributed by atoms with van der Waals surface area (Å²) >= 11 is 0. The largest absolute Gasteiger partial charge is 0.494 e. The fourth-order valence-corrected chi connectivity index (χ4v) is 4.86. The van der Waals surface area contributed by atoms with Crippen LogP contribution in [0.1, 0.15) is 55.7 Å². The van der Waals surface area contributed by atoms with Crippen LogP contribution in [0.3, 0.4) is 0 Å². The molecule has 2 aromatic carbocycles. The number of ether oxygens (including phenoxy) is 1. The lowest BCUT2D eigenvalue weighted by molar-refractivity contribution is -0.116. The molecule has 1 aromatic heterocycles. The molecule has 3 heterocycles. The molecular formula is C25H29N3O3. The average molecular weight is 420 g/mol. The van der Waals surface area contributed by atoms with Crippen LogP contribution in [0, 0.1) is 0 Å². The number of carbonyl (C=O) groups is 1. The fourth-order valence-electron chi connectivity index (χ4n) is 4.86. The molecule has 1 saturated heterocycles. The second kappa shape index (κ2) is 9.10. The Bertz CT molecular complexity index is 1060. The van der Waals surface area contributed by atoms with E-state index in [1.54, 1.807) is 0 Å². The lowest BCUT2D eigenvalue weighted by Gasteiger charge is -2.36. The molecule has 0 spiro atoms. The Morgan fingerprint density at radius 2 is 2.13 bits per heavy atom. The third-order valence-electron chi connectivity index (χ3n) is 6.49. The first-order valence-corrected chi connectivity index (χ1v) is 11.4. The summed E-state index contributed by atoms with van der Waals surface area (Å²) in [4.78, 5) is 14.2. The lowest BCUT2D eigenvalue weighted by atomic mass is 9.93. The van der Waals surface area contributed by atoms with Gasteiger partial charge in [-0.2, -0.15) is 0 Å². The molecule has 31 heavy (non-hydrogen) atoms. The van der Waals surface area contributed by atoms with E-state index >= 15 is 0 Å². The van der Waals surface area contributed by atoms with Crippen molar-refractivity contribution in [3.05, 3.63) is 53.7 Å². The van der Waals surface area contributed by atoms with Gasteiger partial charge >= 0.3 is 0 Å². The van der Waals surface area contributed by atoms with Gasteiger partial charge in [0.1, 0.15) is 5.75 Å². The van der Waals surface area contributed by atoms with Gasteiger partial charge in [0, 0.05) is 29.6 Å². The van der Waals surface area contributed by atoms with Crippen LogP contribution in [0.15, 0.2) is 47.1 Å². The molecule has 6 nitrogen and oxygen atoms in total. The van der Waals surface area contributed by atoms with Crippen LogP contribution < -0.4 is 10.1 Å². The molecule has 0 aliphatic carbocycles. The van der Waals surface area contributed by atoms with E-state index in [1.807, 2.05) is 24.4 Å². The van der Waals surface area contributed by atoms with Crippen molar-refractivity contribution in [1.29, 1.82) is 0 Å². The number of hydrogen-bond donors (Lipinski definition) is 1. The summed E-state index contributed by atoms with van der Waals surface area (Å²) in [6.45, 7) is 2.89. The molecule has 6 heteroatoms. The van der Waals surface area contributed by atoms with Crippen LogP contribution in [0.25, 0.3) is 11.0 Å². The minimum Gasteiger partial charge on any atom is -0.494 e. The van der Waals surface area contributed by atoms with Crippen LogP contribution in [-0.4, -0.2) is 35.7 Å². The highest BCUT2D eigenvalue weighted by Crippen LogP contribution is 2.35. The maximum Gasteiger partial charge on any atom is 0.224 e. The molecule has 2 aliphatic rings. The number of aromatic nitrogens is 1. The van der Waals surface area contributed by atoms with Gasteiger partial charge in [-0.3, -0.25) is 9.69 Å². The smallest absolute Gasteiger partial charge is 0.224 e. The molecule has 2 aliphatic heterocycles. The third kappa shape index (κ3) is 4.44. The number of rotatable bonds is 7. The van der Waals surface area contributed by atoms with Gasteiger partial charge in [0.2, 0.25) is 5.91 Å². The number of carbonyl (C=O) groups excluding carboxylic acids is 1.